The topological polar surface area (TPSA) is 77.1 Å². The van der Waals surface area contributed by atoms with Crippen LogP contribution in [0.25, 0.3) is 10.9 Å². The molecule has 3 aromatic rings. The average molecular weight is 321 g/mol. The summed E-state index contributed by atoms with van der Waals surface area (Å²) in [5.41, 5.74) is 7.37. The Morgan fingerprint density at radius 3 is 2.42 bits per heavy atom. The summed E-state index contributed by atoms with van der Waals surface area (Å²) in [6, 6.07) is 16.5. The number of para-hydroxylation sites is 1. The quantitative estimate of drug-likeness (QED) is 0.778. The first-order valence-electron chi connectivity index (χ1n) is 7.73. The Morgan fingerprint density at radius 1 is 1.08 bits per heavy atom. The van der Waals surface area contributed by atoms with Gasteiger partial charge in [-0.25, -0.2) is 0 Å². The number of nitrogen functional groups attached to an aromatic ring is 1. The molecule has 0 aliphatic rings. The lowest BCUT2D eigenvalue weighted by molar-refractivity contribution is 0.0939. The van der Waals surface area contributed by atoms with Crippen LogP contribution in [0.1, 0.15) is 28.9 Å². The van der Waals surface area contributed by atoms with E-state index < -0.39 is 5.91 Å². The number of aromatic nitrogens is 1. The number of nitrogens with zero attached hydrogens (tertiary/aromatic N) is 1. The van der Waals surface area contributed by atoms with Crippen molar-refractivity contribution in [3.63, 3.8) is 0 Å². The van der Waals surface area contributed by atoms with Crippen molar-refractivity contribution in [1.82, 2.24) is 9.88 Å². The second-order valence-corrected chi connectivity index (χ2v) is 5.77. The van der Waals surface area contributed by atoms with Gasteiger partial charge in [-0.05, 0) is 24.6 Å². The maximum Gasteiger partial charge on any atom is 0.259 e. The zero-order valence-corrected chi connectivity index (χ0v) is 13.6. The van der Waals surface area contributed by atoms with Crippen molar-refractivity contribution in [2.45, 2.75) is 13.0 Å². The Balaban J connectivity index is 2.03. The summed E-state index contributed by atoms with van der Waals surface area (Å²) in [7, 11) is 1.74. The van der Waals surface area contributed by atoms with E-state index in [4.69, 9.17) is 5.73 Å². The molecule has 0 fully saturated rings. The van der Waals surface area contributed by atoms with Gasteiger partial charge in [-0.3, -0.25) is 9.59 Å². The number of pyridine rings is 1. The number of amides is 1. The molecule has 3 N–H and O–H groups in total. The minimum Gasteiger partial charge on any atom is -0.384 e. The molecule has 5 heteroatoms. The van der Waals surface area contributed by atoms with E-state index in [1.54, 1.807) is 29.8 Å². The number of carbonyl (C=O) groups excluding carboxylic acids is 1. The summed E-state index contributed by atoms with van der Waals surface area (Å²) in [5, 5.41) is 3.33. The number of aryl methyl sites for hydroxylation is 1. The summed E-state index contributed by atoms with van der Waals surface area (Å²) >= 11 is 0. The van der Waals surface area contributed by atoms with Crippen molar-refractivity contribution in [1.29, 1.82) is 0 Å². The van der Waals surface area contributed by atoms with Crippen LogP contribution in [0.15, 0.2) is 59.4 Å². The van der Waals surface area contributed by atoms with Crippen molar-refractivity contribution in [2.75, 3.05) is 5.73 Å². The van der Waals surface area contributed by atoms with Gasteiger partial charge in [0, 0.05) is 12.4 Å². The smallest absolute Gasteiger partial charge is 0.259 e. The molecular formula is C19H19N3O2. The van der Waals surface area contributed by atoms with Gasteiger partial charge < -0.3 is 15.6 Å². The number of hydrogen-bond donors (Lipinski definition) is 2. The standard InChI is InChI=1S/C19H19N3O2/c1-12(13-8-4-3-5-9-13)21-19(24)16-17(23)14-10-6-7-11-15(14)22(2)18(16)20/h3-12H,20H2,1-2H3,(H,21,24). The molecule has 1 aromatic heterocycles. The van der Waals surface area contributed by atoms with Gasteiger partial charge in [0.05, 0.1) is 11.6 Å². The van der Waals surface area contributed by atoms with Crippen LogP contribution >= 0.6 is 0 Å². The van der Waals surface area contributed by atoms with Crippen molar-refractivity contribution in [3.8, 4) is 0 Å². The monoisotopic (exact) mass is 321 g/mol. The molecule has 1 unspecified atom stereocenters. The summed E-state index contributed by atoms with van der Waals surface area (Å²) < 4.78 is 1.67. The average Bonchev–Trinajstić information content (AvgIpc) is 2.60. The largest absolute Gasteiger partial charge is 0.384 e. The maximum atomic E-state index is 12.7. The lowest BCUT2D eigenvalue weighted by atomic mass is 10.1. The summed E-state index contributed by atoms with van der Waals surface area (Å²) in [6.45, 7) is 1.87. The molecule has 0 aliphatic carbocycles. The first-order chi connectivity index (χ1) is 11.5. The van der Waals surface area contributed by atoms with Gasteiger partial charge in [-0.1, -0.05) is 42.5 Å². The van der Waals surface area contributed by atoms with Crippen LogP contribution in [0.3, 0.4) is 0 Å². The predicted octanol–water partition coefficient (Wildman–Crippen LogP) is 2.61. The van der Waals surface area contributed by atoms with E-state index in [0.717, 1.165) is 5.56 Å². The van der Waals surface area contributed by atoms with Gasteiger partial charge in [-0.15, -0.1) is 0 Å². The fraction of sp³-hybridized carbons (Fsp3) is 0.158. The minimum atomic E-state index is -0.463. The molecule has 5 nitrogen and oxygen atoms in total. The van der Waals surface area contributed by atoms with E-state index in [1.807, 2.05) is 43.3 Å². The summed E-state index contributed by atoms with van der Waals surface area (Å²) in [4.78, 5) is 25.4. The molecule has 0 spiro atoms. The van der Waals surface area contributed by atoms with E-state index in [9.17, 15) is 9.59 Å². The van der Waals surface area contributed by atoms with Gasteiger partial charge in [0.1, 0.15) is 11.4 Å². The van der Waals surface area contributed by atoms with E-state index in [-0.39, 0.29) is 22.9 Å². The van der Waals surface area contributed by atoms with Gasteiger partial charge in [0.25, 0.3) is 5.91 Å². The van der Waals surface area contributed by atoms with Crippen molar-refractivity contribution >= 4 is 22.6 Å². The normalized spacial score (nSPS) is 12.1. The van der Waals surface area contributed by atoms with Crippen LogP contribution in [0, 0.1) is 0 Å². The number of nitrogens with one attached hydrogen (secondary N) is 1. The number of benzene rings is 2. The second kappa shape index (κ2) is 6.20. The number of carbonyl (C=O) groups is 1. The first-order valence-corrected chi connectivity index (χ1v) is 7.73. The van der Waals surface area contributed by atoms with Crippen LogP contribution < -0.4 is 16.5 Å². The third-order valence-electron chi connectivity index (χ3n) is 4.23. The molecule has 1 heterocycles. The fourth-order valence-corrected chi connectivity index (χ4v) is 2.82. The zero-order chi connectivity index (χ0) is 17.3. The van der Waals surface area contributed by atoms with E-state index in [2.05, 4.69) is 5.32 Å². The highest BCUT2D eigenvalue weighted by Crippen LogP contribution is 2.18. The second-order valence-electron chi connectivity index (χ2n) is 5.77. The molecule has 0 aliphatic heterocycles. The van der Waals surface area contributed by atoms with Crippen LogP contribution in [0.2, 0.25) is 0 Å². The molecule has 1 amide bonds. The molecule has 1 atom stereocenters. The first kappa shape index (κ1) is 15.8. The molecule has 0 bridgehead atoms. The number of fused-ring (bicyclic) bond motifs is 1. The van der Waals surface area contributed by atoms with Gasteiger partial charge in [-0.2, -0.15) is 0 Å². The zero-order valence-electron chi connectivity index (χ0n) is 13.6. The number of hydrogen-bond acceptors (Lipinski definition) is 3. The van der Waals surface area contributed by atoms with Gasteiger partial charge >= 0.3 is 0 Å². The Hall–Kier alpha value is -3.08. The van der Waals surface area contributed by atoms with Crippen molar-refractivity contribution in [2.24, 2.45) is 7.05 Å². The van der Waals surface area contributed by atoms with Crippen LogP contribution in [0.4, 0.5) is 5.82 Å². The summed E-state index contributed by atoms with van der Waals surface area (Å²) in [5.74, 6) is -0.299. The Labute approximate surface area is 139 Å². The maximum absolute atomic E-state index is 12.7. The van der Waals surface area contributed by atoms with Crippen LogP contribution in [-0.2, 0) is 7.05 Å². The third-order valence-corrected chi connectivity index (χ3v) is 4.23. The highest BCUT2D eigenvalue weighted by Gasteiger charge is 2.21. The van der Waals surface area contributed by atoms with E-state index >= 15 is 0 Å². The van der Waals surface area contributed by atoms with Gasteiger partial charge in [0.15, 0.2) is 0 Å². The third kappa shape index (κ3) is 2.65. The van der Waals surface area contributed by atoms with E-state index in [1.165, 1.54) is 0 Å². The Kier molecular flexibility index (Phi) is 4.08. The van der Waals surface area contributed by atoms with Crippen LogP contribution in [0.5, 0.6) is 0 Å². The Bertz CT molecular complexity index is 962. The number of anilines is 1. The predicted molar refractivity (Wildman–Crippen MR) is 95.9 cm³/mol. The highest BCUT2D eigenvalue weighted by molar-refractivity contribution is 6.02. The summed E-state index contributed by atoms with van der Waals surface area (Å²) in [6.07, 6.45) is 0. The molecular weight excluding hydrogens is 302 g/mol. The Morgan fingerprint density at radius 2 is 1.71 bits per heavy atom. The SMILES string of the molecule is CC(NC(=O)c1c(N)n(C)c2ccccc2c1=O)c1ccccc1. The van der Waals surface area contributed by atoms with E-state index in [0.29, 0.717) is 10.9 Å². The number of rotatable bonds is 3. The molecule has 122 valence electrons. The minimum absolute atomic E-state index is 0.0148. The van der Waals surface area contributed by atoms with Crippen molar-refractivity contribution < 1.29 is 4.79 Å². The van der Waals surface area contributed by atoms with Crippen LogP contribution in [-0.4, -0.2) is 10.5 Å². The van der Waals surface area contributed by atoms with Crippen molar-refractivity contribution in [3.05, 3.63) is 75.9 Å². The molecule has 0 radical (unpaired) electrons. The molecule has 2 aromatic carbocycles. The fourth-order valence-electron chi connectivity index (χ4n) is 2.82. The molecule has 0 saturated carbocycles. The lowest BCUT2D eigenvalue weighted by Gasteiger charge is -2.17. The molecule has 3 rings (SSSR count). The molecule has 24 heavy (non-hydrogen) atoms. The number of nitrogens with two attached hydrogens (primary N) is 1. The van der Waals surface area contributed by atoms with Gasteiger partial charge in [0.2, 0.25) is 5.43 Å². The lowest BCUT2D eigenvalue weighted by Crippen LogP contribution is -2.33. The molecule has 0 saturated heterocycles. The highest BCUT2D eigenvalue weighted by atomic mass is 16.2.